The Balaban J connectivity index is 2.79. The van der Waals surface area contributed by atoms with Crippen molar-refractivity contribution in [3.05, 3.63) is 0 Å². The maximum atomic E-state index is 10.9. The second-order valence-electron chi connectivity index (χ2n) is 2.57. The third-order valence-electron chi connectivity index (χ3n) is 1.57. The number of rotatable bonds is 1. The van der Waals surface area contributed by atoms with E-state index in [1.54, 1.807) is 0 Å². The third-order valence-corrected chi connectivity index (χ3v) is 1.57. The molecular formula is C7H8O5. The molecule has 0 bridgehead atoms. The first-order chi connectivity index (χ1) is 5.54. The van der Waals surface area contributed by atoms with Gasteiger partial charge < -0.3 is 9.84 Å². The van der Waals surface area contributed by atoms with Crippen molar-refractivity contribution in [1.29, 1.82) is 0 Å². The van der Waals surface area contributed by atoms with E-state index in [0.29, 0.717) is 0 Å². The van der Waals surface area contributed by atoms with E-state index in [2.05, 4.69) is 4.74 Å². The van der Waals surface area contributed by atoms with Crippen LogP contribution in [0.2, 0.25) is 0 Å². The predicted octanol–water partition coefficient (Wildman–Crippen LogP) is -1.53. The molecule has 0 aromatic rings. The lowest BCUT2D eigenvalue weighted by Gasteiger charge is -2.21. The summed E-state index contributed by atoms with van der Waals surface area (Å²) in [6.45, 7) is 0.877. The van der Waals surface area contributed by atoms with Gasteiger partial charge in [0.05, 0.1) is 6.61 Å². The number of carbonyl (C=O) groups is 3. The van der Waals surface area contributed by atoms with Crippen molar-refractivity contribution in [3.63, 3.8) is 0 Å². The fourth-order valence-electron chi connectivity index (χ4n) is 0.934. The van der Waals surface area contributed by atoms with E-state index in [1.807, 2.05) is 0 Å². The summed E-state index contributed by atoms with van der Waals surface area (Å²) in [7, 11) is 0. The highest BCUT2D eigenvalue weighted by atomic mass is 16.5. The lowest BCUT2D eigenvalue weighted by atomic mass is 10.0. The smallest absolute Gasteiger partial charge is 0.237 e. The summed E-state index contributed by atoms with van der Waals surface area (Å²) >= 11 is 0. The van der Waals surface area contributed by atoms with Gasteiger partial charge in [0.15, 0.2) is 11.9 Å². The van der Waals surface area contributed by atoms with Crippen LogP contribution in [0.3, 0.4) is 0 Å². The highest BCUT2D eigenvalue weighted by Gasteiger charge is 2.38. The van der Waals surface area contributed by atoms with Crippen LogP contribution in [-0.4, -0.2) is 41.3 Å². The molecule has 2 unspecified atom stereocenters. The van der Waals surface area contributed by atoms with Crippen molar-refractivity contribution in [2.75, 3.05) is 6.61 Å². The highest BCUT2D eigenvalue weighted by Crippen LogP contribution is 2.07. The summed E-state index contributed by atoms with van der Waals surface area (Å²) in [6, 6.07) is 0. The molecule has 0 aliphatic carbocycles. The lowest BCUT2D eigenvalue weighted by Crippen LogP contribution is -2.49. The molecule has 5 nitrogen and oxygen atoms in total. The SMILES string of the molecule is CC(=O)C1OCC(O)C(=O)C1=O. The van der Waals surface area contributed by atoms with Gasteiger partial charge in [0.2, 0.25) is 11.6 Å². The van der Waals surface area contributed by atoms with Crippen LogP contribution in [0.5, 0.6) is 0 Å². The van der Waals surface area contributed by atoms with Crippen LogP contribution >= 0.6 is 0 Å². The topological polar surface area (TPSA) is 80.7 Å². The molecule has 1 saturated heterocycles. The number of hydrogen-bond donors (Lipinski definition) is 1. The molecule has 1 aliphatic rings. The van der Waals surface area contributed by atoms with E-state index in [0.717, 1.165) is 6.92 Å². The van der Waals surface area contributed by atoms with Crippen LogP contribution in [0.1, 0.15) is 6.92 Å². The van der Waals surface area contributed by atoms with Gasteiger partial charge in [-0.3, -0.25) is 14.4 Å². The summed E-state index contributed by atoms with van der Waals surface area (Å²) in [5, 5.41) is 8.84. The number of aliphatic hydroxyl groups excluding tert-OH is 1. The van der Waals surface area contributed by atoms with Crippen molar-refractivity contribution in [2.24, 2.45) is 0 Å². The zero-order chi connectivity index (χ0) is 9.30. The van der Waals surface area contributed by atoms with E-state index in [4.69, 9.17) is 5.11 Å². The molecule has 1 rings (SSSR count). The van der Waals surface area contributed by atoms with Crippen molar-refractivity contribution < 1.29 is 24.2 Å². The van der Waals surface area contributed by atoms with Crippen LogP contribution in [0, 0.1) is 0 Å². The molecule has 0 spiro atoms. The molecule has 1 aliphatic heterocycles. The Hall–Kier alpha value is -1.07. The number of ketones is 3. The molecule has 66 valence electrons. The first-order valence-corrected chi connectivity index (χ1v) is 3.42. The number of hydrogen-bond acceptors (Lipinski definition) is 5. The summed E-state index contributed by atoms with van der Waals surface area (Å²) in [6.07, 6.45) is -2.71. The van der Waals surface area contributed by atoms with E-state index in [-0.39, 0.29) is 6.61 Å². The van der Waals surface area contributed by atoms with Gasteiger partial charge in [0, 0.05) is 0 Å². The van der Waals surface area contributed by atoms with Gasteiger partial charge in [-0.2, -0.15) is 0 Å². The summed E-state index contributed by atoms with van der Waals surface area (Å²) in [5.74, 6) is -2.41. The van der Waals surface area contributed by atoms with Gasteiger partial charge in [-0.25, -0.2) is 0 Å². The largest absolute Gasteiger partial charge is 0.382 e. The minimum atomic E-state index is -1.41. The van der Waals surface area contributed by atoms with Gasteiger partial charge in [0.25, 0.3) is 0 Å². The Morgan fingerprint density at radius 3 is 2.58 bits per heavy atom. The first kappa shape index (κ1) is 9.02. The van der Waals surface area contributed by atoms with Gasteiger partial charge in [0.1, 0.15) is 6.10 Å². The van der Waals surface area contributed by atoms with Gasteiger partial charge in [-0.1, -0.05) is 0 Å². The Kier molecular flexibility index (Phi) is 2.35. The minimum Gasteiger partial charge on any atom is -0.382 e. The van der Waals surface area contributed by atoms with Crippen LogP contribution in [0.25, 0.3) is 0 Å². The Labute approximate surface area is 68.3 Å². The van der Waals surface area contributed by atoms with Crippen molar-refractivity contribution in [2.45, 2.75) is 19.1 Å². The quantitative estimate of drug-likeness (QED) is 0.383. The zero-order valence-electron chi connectivity index (χ0n) is 6.44. The van der Waals surface area contributed by atoms with E-state index in [1.165, 1.54) is 0 Å². The molecule has 0 saturated carbocycles. The molecular weight excluding hydrogens is 164 g/mol. The highest BCUT2D eigenvalue weighted by molar-refractivity contribution is 6.44. The summed E-state index contributed by atoms with van der Waals surface area (Å²) in [4.78, 5) is 32.4. The van der Waals surface area contributed by atoms with Gasteiger partial charge in [-0.15, -0.1) is 0 Å². The number of Topliss-reactive ketones (excluding diaryl/α,β-unsaturated/α-hetero) is 3. The van der Waals surface area contributed by atoms with E-state index in [9.17, 15) is 14.4 Å². The monoisotopic (exact) mass is 172 g/mol. The van der Waals surface area contributed by atoms with E-state index < -0.39 is 29.6 Å². The molecule has 0 aromatic carbocycles. The molecule has 1 fully saturated rings. The van der Waals surface area contributed by atoms with Crippen LogP contribution in [-0.2, 0) is 19.1 Å². The van der Waals surface area contributed by atoms with Gasteiger partial charge >= 0.3 is 0 Å². The molecule has 0 aromatic heterocycles. The molecule has 1 heterocycles. The lowest BCUT2D eigenvalue weighted by molar-refractivity contribution is -0.162. The van der Waals surface area contributed by atoms with Crippen LogP contribution in [0.4, 0.5) is 0 Å². The summed E-state index contributed by atoms with van der Waals surface area (Å²) < 4.78 is 4.66. The molecule has 1 N–H and O–H groups in total. The molecule has 2 atom stereocenters. The average Bonchev–Trinajstić information content (AvgIpc) is 2.00. The normalized spacial score (nSPS) is 30.5. The van der Waals surface area contributed by atoms with Crippen molar-refractivity contribution >= 4 is 17.3 Å². The Bertz CT molecular complexity index is 244. The van der Waals surface area contributed by atoms with E-state index >= 15 is 0 Å². The molecule has 5 heteroatoms. The maximum Gasteiger partial charge on any atom is 0.237 e. The average molecular weight is 172 g/mol. The second-order valence-corrected chi connectivity index (χ2v) is 2.57. The van der Waals surface area contributed by atoms with Gasteiger partial charge in [-0.05, 0) is 6.92 Å². The first-order valence-electron chi connectivity index (χ1n) is 3.42. The fraction of sp³-hybridized carbons (Fsp3) is 0.571. The number of ether oxygens (including phenoxy) is 1. The molecule has 0 radical (unpaired) electrons. The third kappa shape index (κ3) is 1.41. The zero-order valence-corrected chi connectivity index (χ0v) is 6.44. The number of carbonyl (C=O) groups excluding carboxylic acids is 3. The Morgan fingerprint density at radius 1 is 1.50 bits per heavy atom. The van der Waals surface area contributed by atoms with Crippen LogP contribution < -0.4 is 0 Å². The molecule has 12 heavy (non-hydrogen) atoms. The molecule has 0 amide bonds. The second kappa shape index (κ2) is 3.12. The Morgan fingerprint density at radius 2 is 2.08 bits per heavy atom. The van der Waals surface area contributed by atoms with Crippen LogP contribution in [0.15, 0.2) is 0 Å². The summed E-state index contributed by atoms with van der Waals surface area (Å²) in [5.41, 5.74) is 0. The van der Waals surface area contributed by atoms with Crippen molar-refractivity contribution in [3.8, 4) is 0 Å². The predicted molar refractivity (Wildman–Crippen MR) is 36.4 cm³/mol. The van der Waals surface area contributed by atoms with Crippen molar-refractivity contribution in [1.82, 2.24) is 0 Å². The minimum absolute atomic E-state index is 0.283. The number of aliphatic hydroxyl groups is 1. The standard InChI is InChI=1S/C7H8O5/c1-3(8)7-6(11)5(10)4(9)2-12-7/h4,7,9H,2H2,1H3. The maximum absolute atomic E-state index is 10.9. The fourth-order valence-corrected chi connectivity index (χ4v) is 0.934.